The van der Waals surface area contributed by atoms with Crippen molar-refractivity contribution in [3.05, 3.63) is 84.4 Å². The highest BCUT2D eigenvalue weighted by Gasteiger charge is 2.27. The molecule has 0 radical (unpaired) electrons. The highest BCUT2D eigenvalue weighted by Crippen LogP contribution is 2.22. The number of halogens is 1. The van der Waals surface area contributed by atoms with E-state index in [1.165, 1.54) is 12.1 Å². The van der Waals surface area contributed by atoms with E-state index in [1.807, 2.05) is 0 Å². The summed E-state index contributed by atoms with van der Waals surface area (Å²) < 4.78 is 46.4. The van der Waals surface area contributed by atoms with Crippen molar-refractivity contribution < 1.29 is 22.3 Å². The van der Waals surface area contributed by atoms with Gasteiger partial charge in [0, 0.05) is 30.9 Å². The number of carbonyl (C=O) groups is 1. The SMILES string of the molecule is O=C(c1ccc(Oc2cccnc2)cc1)N1CCC(NS(=O)(=O)c2ccc(F)cc2)CC1. The molecule has 1 aliphatic heterocycles. The molecule has 2 aromatic carbocycles. The van der Waals surface area contributed by atoms with Gasteiger partial charge in [0.1, 0.15) is 17.3 Å². The van der Waals surface area contributed by atoms with Crippen molar-refractivity contribution in [1.29, 1.82) is 0 Å². The first-order chi connectivity index (χ1) is 15.4. The zero-order chi connectivity index (χ0) is 22.6. The number of hydrogen-bond donors (Lipinski definition) is 1. The molecule has 0 saturated carbocycles. The lowest BCUT2D eigenvalue weighted by molar-refractivity contribution is 0.0711. The van der Waals surface area contributed by atoms with Crippen molar-refractivity contribution in [2.75, 3.05) is 13.1 Å². The molecule has 0 atom stereocenters. The number of rotatable bonds is 6. The van der Waals surface area contributed by atoms with Crippen molar-refractivity contribution in [3.8, 4) is 11.5 Å². The lowest BCUT2D eigenvalue weighted by Crippen LogP contribution is -2.46. The van der Waals surface area contributed by atoms with Crippen LogP contribution in [0.1, 0.15) is 23.2 Å². The summed E-state index contributed by atoms with van der Waals surface area (Å²) in [6, 6.07) is 14.8. The third-order valence-electron chi connectivity index (χ3n) is 5.20. The Balaban J connectivity index is 1.32. The minimum Gasteiger partial charge on any atom is -0.456 e. The van der Waals surface area contributed by atoms with Crippen LogP contribution in [0.2, 0.25) is 0 Å². The molecular formula is C23H22FN3O4S. The van der Waals surface area contributed by atoms with Crippen molar-refractivity contribution in [2.24, 2.45) is 0 Å². The highest BCUT2D eigenvalue weighted by molar-refractivity contribution is 7.89. The van der Waals surface area contributed by atoms with E-state index in [0.29, 0.717) is 43.0 Å². The molecule has 32 heavy (non-hydrogen) atoms. The third kappa shape index (κ3) is 5.30. The van der Waals surface area contributed by atoms with Gasteiger partial charge in [-0.2, -0.15) is 0 Å². The number of aromatic nitrogens is 1. The molecule has 9 heteroatoms. The van der Waals surface area contributed by atoms with Crippen molar-refractivity contribution >= 4 is 15.9 Å². The van der Waals surface area contributed by atoms with Gasteiger partial charge in [-0.15, -0.1) is 0 Å². The Bertz CT molecular complexity index is 1160. The summed E-state index contributed by atoms with van der Waals surface area (Å²) in [5.41, 5.74) is 0.536. The summed E-state index contributed by atoms with van der Waals surface area (Å²) in [5, 5.41) is 0. The van der Waals surface area contributed by atoms with Crippen molar-refractivity contribution in [3.63, 3.8) is 0 Å². The first-order valence-corrected chi connectivity index (χ1v) is 11.6. The van der Waals surface area contributed by atoms with Gasteiger partial charge in [-0.05, 0) is 73.5 Å². The molecule has 0 bridgehead atoms. The third-order valence-corrected chi connectivity index (χ3v) is 6.74. The number of piperidine rings is 1. The van der Waals surface area contributed by atoms with E-state index in [4.69, 9.17) is 4.74 Å². The molecule has 1 aliphatic rings. The fraction of sp³-hybridized carbons (Fsp3) is 0.217. The van der Waals surface area contributed by atoms with E-state index in [2.05, 4.69) is 9.71 Å². The standard InChI is InChI=1S/C23H22FN3O4S/c24-18-5-9-22(10-6-18)32(29,30)26-19-11-14-27(15-12-19)23(28)17-3-7-20(8-4-17)31-21-2-1-13-25-16-21/h1-10,13,16,19,26H,11-12,14-15H2. The second kappa shape index (κ2) is 9.46. The molecule has 4 rings (SSSR count). The molecule has 1 aromatic heterocycles. The van der Waals surface area contributed by atoms with Gasteiger partial charge in [0.05, 0.1) is 11.1 Å². The average Bonchev–Trinajstić information content (AvgIpc) is 2.80. The van der Waals surface area contributed by atoms with E-state index < -0.39 is 15.8 Å². The van der Waals surface area contributed by atoms with Crippen LogP contribution in [0.15, 0.2) is 78.0 Å². The van der Waals surface area contributed by atoms with Crippen LogP contribution in [0.4, 0.5) is 4.39 Å². The molecule has 1 amide bonds. The predicted octanol–water partition coefficient (Wildman–Crippen LogP) is 3.60. The first-order valence-electron chi connectivity index (χ1n) is 10.2. The quantitative estimate of drug-likeness (QED) is 0.614. The number of ether oxygens (including phenoxy) is 1. The van der Waals surface area contributed by atoms with Crippen LogP contribution in [0.3, 0.4) is 0 Å². The number of pyridine rings is 1. The van der Waals surface area contributed by atoms with Gasteiger partial charge in [-0.1, -0.05) is 0 Å². The summed E-state index contributed by atoms with van der Waals surface area (Å²) in [4.78, 5) is 18.5. The van der Waals surface area contributed by atoms with Crippen LogP contribution in [0.25, 0.3) is 0 Å². The first kappa shape index (κ1) is 21.9. The van der Waals surface area contributed by atoms with E-state index in [9.17, 15) is 17.6 Å². The van der Waals surface area contributed by atoms with Crippen molar-refractivity contribution in [1.82, 2.24) is 14.6 Å². The second-order valence-corrected chi connectivity index (χ2v) is 9.17. The lowest BCUT2D eigenvalue weighted by atomic mass is 10.0. The summed E-state index contributed by atoms with van der Waals surface area (Å²) >= 11 is 0. The van der Waals surface area contributed by atoms with Gasteiger partial charge in [0.2, 0.25) is 10.0 Å². The molecule has 1 fully saturated rings. The molecule has 7 nitrogen and oxygen atoms in total. The number of nitrogens with one attached hydrogen (secondary N) is 1. The molecule has 1 N–H and O–H groups in total. The Kier molecular flexibility index (Phi) is 6.48. The van der Waals surface area contributed by atoms with Crippen LogP contribution in [0, 0.1) is 5.82 Å². The zero-order valence-electron chi connectivity index (χ0n) is 17.1. The largest absolute Gasteiger partial charge is 0.456 e. The fourth-order valence-corrected chi connectivity index (χ4v) is 4.80. The minimum atomic E-state index is -3.74. The van der Waals surface area contributed by atoms with Crippen molar-refractivity contribution in [2.45, 2.75) is 23.8 Å². The number of sulfonamides is 1. The number of likely N-dealkylation sites (tertiary alicyclic amines) is 1. The summed E-state index contributed by atoms with van der Waals surface area (Å²) in [7, 11) is -3.74. The van der Waals surface area contributed by atoms with Gasteiger partial charge < -0.3 is 9.64 Å². The van der Waals surface area contributed by atoms with Crippen LogP contribution in [0.5, 0.6) is 11.5 Å². The lowest BCUT2D eigenvalue weighted by Gasteiger charge is -2.32. The Morgan fingerprint density at radius 3 is 2.31 bits per heavy atom. The molecule has 1 saturated heterocycles. The maximum atomic E-state index is 13.1. The van der Waals surface area contributed by atoms with Gasteiger partial charge >= 0.3 is 0 Å². The van der Waals surface area contributed by atoms with Gasteiger partial charge in [0.25, 0.3) is 5.91 Å². The van der Waals surface area contributed by atoms with E-state index in [-0.39, 0.29) is 16.8 Å². The van der Waals surface area contributed by atoms with E-state index in [0.717, 1.165) is 12.1 Å². The highest BCUT2D eigenvalue weighted by atomic mass is 32.2. The topological polar surface area (TPSA) is 88.6 Å². The molecule has 2 heterocycles. The monoisotopic (exact) mass is 455 g/mol. The van der Waals surface area contributed by atoms with Gasteiger partial charge in [-0.3, -0.25) is 9.78 Å². The number of benzene rings is 2. The van der Waals surface area contributed by atoms with E-state index >= 15 is 0 Å². The van der Waals surface area contributed by atoms with Crippen LogP contribution >= 0.6 is 0 Å². The number of nitrogens with zero attached hydrogens (tertiary/aromatic N) is 2. The summed E-state index contributed by atoms with van der Waals surface area (Å²) in [5.74, 6) is 0.602. The Labute approximate surface area is 185 Å². The number of carbonyl (C=O) groups excluding carboxylic acids is 1. The maximum absolute atomic E-state index is 13.1. The smallest absolute Gasteiger partial charge is 0.253 e. The molecule has 0 unspecified atom stereocenters. The second-order valence-electron chi connectivity index (χ2n) is 7.46. The van der Waals surface area contributed by atoms with Crippen LogP contribution < -0.4 is 9.46 Å². The summed E-state index contributed by atoms with van der Waals surface area (Å²) in [6.07, 6.45) is 4.25. The maximum Gasteiger partial charge on any atom is 0.253 e. The molecule has 0 spiro atoms. The van der Waals surface area contributed by atoms with Gasteiger partial charge in [-0.25, -0.2) is 17.5 Å². The Hall–Kier alpha value is -3.30. The Morgan fingerprint density at radius 1 is 1.00 bits per heavy atom. The predicted molar refractivity (Wildman–Crippen MR) is 116 cm³/mol. The molecule has 166 valence electrons. The fourth-order valence-electron chi connectivity index (χ4n) is 3.49. The molecule has 3 aromatic rings. The molecule has 0 aliphatic carbocycles. The zero-order valence-corrected chi connectivity index (χ0v) is 18.0. The van der Waals surface area contributed by atoms with Crippen LogP contribution in [-0.4, -0.2) is 43.3 Å². The van der Waals surface area contributed by atoms with Crippen LogP contribution in [-0.2, 0) is 10.0 Å². The average molecular weight is 456 g/mol. The Morgan fingerprint density at radius 2 is 1.69 bits per heavy atom. The van der Waals surface area contributed by atoms with E-state index in [1.54, 1.807) is 53.7 Å². The summed E-state index contributed by atoms with van der Waals surface area (Å²) in [6.45, 7) is 0.868. The minimum absolute atomic E-state index is 0.0194. The van der Waals surface area contributed by atoms with Gasteiger partial charge in [0.15, 0.2) is 0 Å². The molecular weight excluding hydrogens is 433 g/mol. The normalized spacial score (nSPS) is 14.8. The number of hydrogen-bond acceptors (Lipinski definition) is 5. The number of amides is 1.